The van der Waals surface area contributed by atoms with E-state index in [1.807, 2.05) is 6.92 Å². The third-order valence-electron chi connectivity index (χ3n) is 5.81. The van der Waals surface area contributed by atoms with Crippen molar-refractivity contribution in [2.45, 2.75) is 44.6 Å². The highest BCUT2D eigenvalue weighted by molar-refractivity contribution is 6.10. The van der Waals surface area contributed by atoms with Gasteiger partial charge in [0.25, 0.3) is 5.91 Å². The van der Waals surface area contributed by atoms with Crippen LogP contribution in [0.4, 0.5) is 10.5 Å². The van der Waals surface area contributed by atoms with E-state index in [0.29, 0.717) is 24.4 Å². The summed E-state index contributed by atoms with van der Waals surface area (Å²) in [4.78, 5) is 44.9. The molecule has 4 rings (SSSR count). The number of anilines is 1. The molecule has 9 heteroatoms. The summed E-state index contributed by atoms with van der Waals surface area (Å²) in [6.07, 6.45) is 4.23. The van der Waals surface area contributed by atoms with Crippen LogP contribution >= 0.6 is 0 Å². The lowest BCUT2D eigenvalue weighted by Gasteiger charge is -2.35. The van der Waals surface area contributed by atoms with Crippen LogP contribution in [0.25, 0.3) is 11.4 Å². The minimum absolute atomic E-state index is 0.254. The maximum Gasteiger partial charge on any atom is 0.327 e. The number of hydrogen-bond acceptors (Lipinski definition) is 5. The molecule has 29 heavy (non-hydrogen) atoms. The maximum absolute atomic E-state index is 13.0. The van der Waals surface area contributed by atoms with E-state index in [1.54, 1.807) is 31.3 Å². The van der Waals surface area contributed by atoms with Crippen molar-refractivity contribution < 1.29 is 14.4 Å². The summed E-state index contributed by atoms with van der Waals surface area (Å²) in [7, 11) is 1.66. The van der Waals surface area contributed by atoms with Crippen molar-refractivity contribution in [1.29, 1.82) is 0 Å². The predicted molar refractivity (Wildman–Crippen MR) is 106 cm³/mol. The third-order valence-corrected chi connectivity index (χ3v) is 5.81. The molecule has 1 aromatic heterocycles. The third kappa shape index (κ3) is 3.37. The van der Waals surface area contributed by atoms with Crippen molar-refractivity contribution >= 4 is 23.5 Å². The van der Waals surface area contributed by atoms with Crippen molar-refractivity contribution in [1.82, 2.24) is 25.0 Å². The molecule has 2 N–H and O–H groups in total. The van der Waals surface area contributed by atoms with Crippen LogP contribution in [0.3, 0.4) is 0 Å². The number of nitrogens with one attached hydrogen (secondary N) is 2. The number of carbonyl (C=O) groups is 3. The standard InChI is InChI=1S/C20H24N6O3/c1-13-21-17(24-23-13)14-6-8-15(9-7-14)22-16(27)12-26-18(28)20(25(2)19(26)29)10-4-3-5-11-20/h6-9H,3-5,10-12H2,1-2H3,(H,22,27)(H,21,23,24). The number of aromatic nitrogens is 3. The first-order valence-electron chi connectivity index (χ1n) is 9.80. The Balaban J connectivity index is 1.42. The van der Waals surface area contributed by atoms with Gasteiger partial charge in [-0.25, -0.2) is 9.78 Å². The highest BCUT2D eigenvalue weighted by atomic mass is 16.2. The second-order valence-corrected chi connectivity index (χ2v) is 7.70. The minimum Gasteiger partial charge on any atom is -0.325 e. The van der Waals surface area contributed by atoms with Gasteiger partial charge in [0.15, 0.2) is 5.82 Å². The Hall–Kier alpha value is -3.23. The zero-order chi connectivity index (χ0) is 20.6. The van der Waals surface area contributed by atoms with Crippen molar-refractivity contribution in [2.24, 2.45) is 0 Å². The van der Waals surface area contributed by atoms with Gasteiger partial charge < -0.3 is 10.2 Å². The van der Waals surface area contributed by atoms with Crippen LogP contribution in [-0.4, -0.2) is 62.0 Å². The summed E-state index contributed by atoms with van der Waals surface area (Å²) in [5, 5.41) is 9.63. The molecule has 1 aromatic carbocycles. The summed E-state index contributed by atoms with van der Waals surface area (Å²) >= 11 is 0. The molecule has 152 valence electrons. The fourth-order valence-corrected chi connectivity index (χ4v) is 4.19. The first-order valence-corrected chi connectivity index (χ1v) is 9.80. The summed E-state index contributed by atoms with van der Waals surface area (Å²) in [6.45, 7) is 1.53. The molecule has 2 heterocycles. The zero-order valence-corrected chi connectivity index (χ0v) is 16.6. The number of hydrogen-bond donors (Lipinski definition) is 2. The number of benzene rings is 1. The maximum atomic E-state index is 13.0. The van der Waals surface area contributed by atoms with Gasteiger partial charge in [0.05, 0.1) is 0 Å². The highest BCUT2D eigenvalue weighted by Crippen LogP contribution is 2.39. The molecule has 2 aliphatic rings. The normalized spacial score (nSPS) is 18.6. The number of likely N-dealkylation sites (N-methyl/N-ethyl adjacent to an activating group) is 1. The Morgan fingerprint density at radius 1 is 1.17 bits per heavy atom. The van der Waals surface area contributed by atoms with Crippen LogP contribution in [0, 0.1) is 6.92 Å². The molecular weight excluding hydrogens is 372 g/mol. The quantitative estimate of drug-likeness (QED) is 0.771. The largest absolute Gasteiger partial charge is 0.327 e. The molecule has 2 aromatic rings. The van der Waals surface area contributed by atoms with Crippen molar-refractivity contribution in [3.05, 3.63) is 30.1 Å². The lowest BCUT2D eigenvalue weighted by Crippen LogP contribution is -2.49. The van der Waals surface area contributed by atoms with Crippen LogP contribution in [0.5, 0.6) is 0 Å². The minimum atomic E-state index is -0.772. The molecule has 1 aliphatic heterocycles. The van der Waals surface area contributed by atoms with Gasteiger partial charge in [0, 0.05) is 18.3 Å². The smallest absolute Gasteiger partial charge is 0.325 e. The fraction of sp³-hybridized carbons (Fsp3) is 0.450. The molecule has 9 nitrogen and oxygen atoms in total. The SMILES string of the molecule is Cc1nc(-c2ccc(NC(=O)CN3C(=O)N(C)C4(CCCCC4)C3=O)cc2)n[nH]1. The Labute approximate surface area is 168 Å². The van der Waals surface area contributed by atoms with Gasteiger partial charge in [0.2, 0.25) is 5.91 Å². The number of H-pyrrole nitrogens is 1. The number of rotatable bonds is 4. The van der Waals surface area contributed by atoms with Crippen LogP contribution in [0.15, 0.2) is 24.3 Å². The van der Waals surface area contributed by atoms with Crippen molar-refractivity contribution in [3.63, 3.8) is 0 Å². The summed E-state index contributed by atoms with van der Waals surface area (Å²) in [5.74, 6) is 0.636. The van der Waals surface area contributed by atoms with E-state index in [-0.39, 0.29) is 12.5 Å². The van der Waals surface area contributed by atoms with Gasteiger partial charge in [-0.1, -0.05) is 19.3 Å². The molecule has 4 amide bonds. The summed E-state index contributed by atoms with van der Waals surface area (Å²) < 4.78 is 0. The van der Waals surface area contributed by atoms with E-state index < -0.39 is 17.5 Å². The second-order valence-electron chi connectivity index (χ2n) is 7.70. The van der Waals surface area contributed by atoms with Gasteiger partial charge in [0.1, 0.15) is 17.9 Å². The van der Waals surface area contributed by atoms with Gasteiger partial charge in [-0.3, -0.25) is 19.6 Å². The van der Waals surface area contributed by atoms with E-state index in [0.717, 1.165) is 35.6 Å². The van der Waals surface area contributed by atoms with Crippen LogP contribution < -0.4 is 5.32 Å². The summed E-state index contributed by atoms with van der Waals surface area (Å²) in [5.41, 5.74) is 0.621. The Morgan fingerprint density at radius 2 is 1.86 bits per heavy atom. The molecule has 1 aliphatic carbocycles. The molecule has 1 saturated heterocycles. The molecule has 0 radical (unpaired) electrons. The van der Waals surface area contributed by atoms with Gasteiger partial charge >= 0.3 is 6.03 Å². The van der Waals surface area contributed by atoms with Crippen LogP contribution in [-0.2, 0) is 9.59 Å². The second kappa shape index (κ2) is 7.31. The monoisotopic (exact) mass is 396 g/mol. The van der Waals surface area contributed by atoms with Gasteiger partial charge in [-0.05, 0) is 44.0 Å². The predicted octanol–water partition coefficient (Wildman–Crippen LogP) is 2.32. The molecule has 0 bridgehead atoms. The zero-order valence-electron chi connectivity index (χ0n) is 16.6. The summed E-state index contributed by atoms with van der Waals surface area (Å²) in [6, 6.07) is 6.68. The number of amides is 4. The number of carbonyl (C=O) groups excluding carboxylic acids is 3. The van der Waals surface area contributed by atoms with Gasteiger partial charge in [-0.2, -0.15) is 5.10 Å². The van der Waals surface area contributed by atoms with Gasteiger partial charge in [-0.15, -0.1) is 0 Å². The number of nitrogens with zero attached hydrogens (tertiary/aromatic N) is 4. The topological polar surface area (TPSA) is 111 Å². The highest BCUT2D eigenvalue weighted by Gasteiger charge is 2.55. The van der Waals surface area contributed by atoms with Crippen LogP contribution in [0.2, 0.25) is 0 Å². The molecule has 1 spiro atoms. The first kappa shape index (κ1) is 19.1. The Morgan fingerprint density at radius 3 is 2.48 bits per heavy atom. The van der Waals surface area contributed by atoms with Crippen molar-refractivity contribution in [2.75, 3.05) is 18.9 Å². The average Bonchev–Trinajstić information content (AvgIpc) is 3.23. The lowest BCUT2D eigenvalue weighted by atomic mass is 9.81. The number of urea groups is 1. The lowest BCUT2D eigenvalue weighted by molar-refractivity contribution is -0.136. The van der Waals surface area contributed by atoms with E-state index in [4.69, 9.17) is 0 Å². The Kier molecular flexibility index (Phi) is 4.81. The molecule has 0 unspecified atom stereocenters. The first-order chi connectivity index (χ1) is 13.9. The molecular formula is C20H24N6O3. The van der Waals surface area contributed by atoms with E-state index in [9.17, 15) is 14.4 Å². The molecule has 2 fully saturated rings. The number of imide groups is 1. The molecule has 0 atom stereocenters. The molecule has 1 saturated carbocycles. The number of aryl methyl sites for hydroxylation is 1. The number of aromatic amines is 1. The Bertz CT molecular complexity index is 945. The van der Waals surface area contributed by atoms with Crippen molar-refractivity contribution in [3.8, 4) is 11.4 Å². The van der Waals surface area contributed by atoms with E-state index in [1.165, 1.54) is 4.90 Å². The van der Waals surface area contributed by atoms with E-state index in [2.05, 4.69) is 20.5 Å². The average molecular weight is 396 g/mol. The van der Waals surface area contributed by atoms with E-state index >= 15 is 0 Å². The van der Waals surface area contributed by atoms with Crippen LogP contribution in [0.1, 0.15) is 37.9 Å². The fourth-order valence-electron chi connectivity index (χ4n) is 4.19.